The van der Waals surface area contributed by atoms with E-state index in [0.29, 0.717) is 27.0 Å². The van der Waals surface area contributed by atoms with Gasteiger partial charge in [0, 0.05) is 16.1 Å². The minimum Gasteiger partial charge on any atom is -0.497 e. The fraction of sp³-hybridized carbons (Fsp3) is 0.150. The van der Waals surface area contributed by atoms with Crippen LogP contribution in [-0.2, 0) is 16.0 Å². The predicted molar refractivity (Wildman–Crippen MR) is 114 cm³/mol. The van der Waals surface area contributed by atoms with E-state index in [2.05, 4.69) is 0 Å². The molecule has 2 aromatic carbocycles. The zero-order chi connectivity index (χ0) is 21.1. The first kappa shape index (κ1) is 21.1. The molecule has 2 N–H and O–H groups in total. The van der Waals surface area contributed by atoms with E-state index in [9.17, 15) is 14.9 Å². The van der Waals surface area contributed by atoms with E-state index in [4.69, 9.17) is 33.7 Å². The number of hydrogen-bond acceptors (Lipinski definition) is 5. The van der Waals surface area contributed by atoms with Crippen LogP contribution in [0.4, 0.5) is 5.69 Å². The molecule has 3 rings (SSSR count). The Balaban J connectivity index is 2.07. The number of nitriles is 1. The standard InChI is InChI=1S/C20H15Cl2N3O3S/c1-28-14-4-2-3-13(9-14)25-19(27)17(29-20(25)15(10-23)18(24)26)8-11-7-12(21)5-6-16(11)22/h2-7,9,17H,8H2,1H3,(H2,24,26). The van der Waals surface area contributed by atoms with Gasteiger partial charge in [-0.25, -0.2) is 0 Å². The molecule has 1 aliphatic heterocycles. The van der Waals surface area contributed by atoms with Crippen molar-refractivity contribution in [3.63, 3.8) is 0 Å². The molecule has 0 aliphatic carbocycles. The molecule has 0 spiro atoms. The fourth-order valence-electron chi connectivity index (χ4n) is 2.88. The van der Waals surface area contributed by atoms with Crippen LogP contribution in [0.25, 0.3) is 0 Å². The molecule has 1 saturated heterocycles. The molecule has 9 heteroatoms. The largest absolute Gasteiger partial charge is 0.497 e. The molecule has 1 fully saturated rings. The summed E-state index contributed by atoms with van der Waals surface area (Å²) < 4.78 is 5.22. The van der Waals surface area contributed by atoms with Crippen molar-refractivity contribution < 1.29 is 14.3 Å². The summed E-state index contributed by atoms with van der Waals surface area (Å²) in [5.41, 5.74) is 6.24. The Hall–Kier alpha value is -2.66. The van der Waals surface area contributed by atoms with E-state index in [-0.39, 0.29) is 22.9 Å². The van der Waals surface area contributed by atoms with Gasteiger partial charge in [-0.3, -0.25) is 14.5 Å². The Morgan fingerprint density at radius 2 is 2.07 bits per heavy atom. The van der Waals surface area contributed by atoms with Crippen molar-refractivity contribution in [2.24, 2.45) is 5.73 Å². The summed E-state index contributed by atoms with van der Waals surface area (Å²) in [5.74, 6) is -0.681. The number of methoxy groups -OCH3 is 1. The van der Waals surface area contributed by atoms with E-state index in [1.807, 2.05) is 6.07 Å². The lowest BCUT2D eigenvalue weighted by molar-refractivity contribution is -0.117. The van der Waals surface area contributed by atoms with Gasteiger partial charge in [-0.1, -0.05) is 41.0 Å². The van der Waals surface area contributed by atoms with Gasteiger partial charge in [0.15, 0.2) is 0 Å². The summed E-state index contributed by atoms with van der Waals surface area (Å²) in [6, 6.07) is 13.6. The number of hydrogen-bond donors (Lipinski definition) is 1. The number of rotatable bonds is 5. The Morgan fingerprint density at radius 1 is 1.31 bits per heavy atom. The quantitative estimate of drug-likeness (QED) is 0.553. The van der Waals surface area contributed by atoms with E-state index in [1.54, 1.807) is 42.5 Å². The highest BCUT2D eigenvalue weighted by Crippen LogP contribution is 2.43. The van der Waals surface area contributed by atoms with Crippen LogP contribution in [0.2, 0.25) is 10.0 Å². The lowest BCUT2D eigenvalue weighted by atomic mass is 10.1. The van der Waals surface area contributed by atoms with Gasteiger partial charge in [0.05, 0.1) is 18.0 Å². The van der Waals surface area contributed by atoms with Crippen molar-refractivity contribution in [3.8, 4) is 11.8 Å². The van der Waals surface area contributed by atoms with Crippen LogP contribution in [0.5, 0.6) is 5.75 Å². The average Bonchev–Trinajstić information content (AvgIpc) is 3.01. The number of primary amides is 1. The van der Waals surface area contributed by atoms with Crippen molar-refractivity contribution in [2.75, 3.05) is 12.0 Å². The van der Waals surface area contributed by atoms with Crippen LogP contribution in [0.15, 0.2) is 53.1 Å². The van der Waals surface area contributed by atoms with Crippen LogP contribution < -0.4 is 15.4 Å². The summed E-state index contributed by atoms with van der Waals surface area (Å²) in [4.78, 5) is 26.4. The maximum Gasteiger partial charge on any atom is 0.262 e. The van der Waals surface area contributed by atoms with Gasteiger partial charge < -0.3 is 10.5 Å². The van der Waals surface area contributed by atoms with Gasteiger partial charge in [-0.15, -0.1) is 0 Å². The second-order valence-electron chi connectivity index (χ2n) is 6.08. The Morgan fingerprint density at radius 3 is 2.72 bits per heavy atom. The first-order valence-electron chi connectivity index (χ1n) is 8.38. The third-order valence-corrected chi connectivity index (χ3v) is 6.12. The topological polar surface area (TPSA) is 96.4 Å². The Bertz CT molecular complexity index is 1070. The maximum atomic E-state index is 13.3. The van der Waals surface area contributed by atoms with E-state index in [0.717, 1.165) is 11.8 Å². The average molecular weight is 448 g/mol. The molecular formula is C20H15Cl2N3O3S. The van der Waals surface area contributed by atoms with Gasteiger partial charge in [-0.2, -0.15) is 5.26 Å². The van der Waals surface area contributed by atoms with Gasteiger partial charge >= 0.3 is 0 Å². The molecule has 1 unspecified atom stereocenters. The number of ether oxygens (including phenoxy) is 1. The molecule has 0 bridgehead atoms. The number of nitrogens with zero attached hydrogens (tertiary/aromatic N) is 2. The van der Waals surface area contributed by atoms with Crippen LogP contribution in [-0.4, -0.2) is 24.2 Å². The van der Waals surface area contributed by atoms with Crippen LogP contribution in [0, 0.1) is 11.3 Å². The number of thioether (sulfide) groups is 1. The number of carbonyl (C=O) groups excluding carboxylic acids is 2. The second-order valence-corrected chi connectivity index (χ2v) is 8.11. The molecule has 1 aliphatic rings. The molecule has 6 nitrogen and oxygen atoms in total. The van der Waals surface area contributed by atoms with E-state index < -0.39 is 11.2 Å². The molecule has 0 radical (unpaired) electrons. The van der Waals surface area contributed by atoms with Crippen LogP contribution in [0.3, 0.4) is 0 Å². The fourth-order valence-corrected chi connectivity index (χ4v) is 4.58. The highest BCUT2D eigenvalue weighted by molar-refractivity contribution is 8.05. The van der Waals surface area contributed by atoms with E-state index >= 15 is 0 Å². The Labute approximate surface area is 181 Å². The maximum absolute atomic E-state index is 13.3. The highest BCUT2D eigenvalue weighted by atomic mass is 35.5. The normalized spacial score (nSPS) is 17.8. The predicted octanol–water partition coefficient (Wildman–Crippen LogP) is 3.91. The number of benzene rings is 2. The number of carbonyl (C=O) groups is 2. The Kier molecular flexibility index (Phi) is 6.38. The van der Waals surface area contributed by atoms with Gasteiger partial charge in [0.25, 0.3) is 5.91 Å². The zero-order valence-corrected chi connectivity index (χ0v) is 17.5. The molecule has 2 amide bonds. The van der Waals surface area contributed by atoms with Gasteiger partial charge in [0.1, 0.15) is 22.4 Å². The summed E-state index contributed by atoms with van der Waals surface area (Å²) in [6.45, 7) is 0. The van der Waals surface area contributed by atoms with Crippen molar-refractivity contribution in [3.05, 3.63) is 68.7 Å². The monoisotopic (exact) mass is 447 g/mol. The molecule has 1 atom stereocenters. The summed E-state index contributed by atoms with van der Waals surface area (Å²) in [5, 5.41) is 9.98. The molecule has 0 aromatic heterocycles. The number of halogens is 2. The third kappa shape index (κ3) is 4.35. The lowest BCUT2D eigenvalue weighted by Gasteiger charge is -2.19. The SMILES string of the molecule is COc1cccc(N2C(=O)C(Cc3cc(Cl)ccc3Cl)SC2=C(C#N)C(N)=O)c1. The van der Waals surface area contributed by atoms with Crippen molar-refractivity contribution in [1.82, 2.24) is 0 Å². The number of amides is 2. The first-order chi connectivity index (χ1) is 13.8. The van der Waals surface area contributed by atoms with Crippen LogP contribution in [0.1, 0.15) is 5.56 Å². The first-order valence-corrected chi connectivity index (χ1v) is 10.0. The molecule has 2 aromatic rings. The molecule has 29 heavy (non-hydrogen) atoms. The molecular weight excluding hydrogens is 433 g/mol. The van der Waals surface area contributed by atoms with Crippen molar-refractivity contribution >= 4 is 52.5 Å². The van der Waals surface area contributed by atoms with Crippen molar-refractivity contribution in [2.45, 2.75) is 11.7 Å². The minimum absolute atomic E-state index is 0.182. The second kappa shape index (κ2) is 8.78. The van der Waals surface area contributed by atoms with E-state index in [1.165, 1.54) is 12.0 Å². The zero-order valence-electron chi connectivity index (χ0n) is 15.2. The van der Waals surface area contributed by atoms with Crippen LogP contribution >= 0.6 is 35.0 Å². The summed E-state index contributed by atoms with van der Waals surface area (Å²) >= 11 is 13.4. The third-order valence-electron chi connectivity index (χ3n) is 4.25. The lowest BCUT2D eigenvalue weighted by Crippen LogP contribution is -2.31. The highest BCUT2D eigenvalue weighted by Gasteiger charge is 2.40. The molecule has 148 valence electrons. The van der Waals surface area contributed by atoms with Gasteiger partial charge in [-0.05, 0) is 42.3 Å². The molecule has 1 heterocycles. The van der Waals surface area contributed by atoms with Crippen molar-refractivity contribution in [1.29, 1.82) is 5.26 Å². The van der Waals surface area contributed by atoms with Gasteiger partial charge in [0.2, 0.25) is 5.91 Å². The summed E-state index contributed by atoms with van der Waals surface area (Å²) in [7, 11) is 1.50. The summed E-state index contributed by atoms with van der Waals surface area (Å²) in [6.07, 6.45) is 0.268. The number of anilines is 1. The number of nitrogens with two attached hydrogens (primary N) is 1. The smallest absolute Gasteiger partial charge is 0.262 e. The molecule has 0 saturated carbocycles. The minimum atomic E-state index is -0.905.